The van der Waals surface area contributed by atoms with Crippen molar-refractivity contribution in [1.82, 2.24) is 14.8 Å². The first-order valence-corrected chi connectivity index (χ1v) is 15.1. The monoisotopic (exact) mass is 552 g/mol. The molecule has 1 atom stereocenters. The Kier molecular flexibility index (Phi) is 7.85. The van der Waals surface area contributed by atoms with Gasteiger partial charge in [-0.05, 0) is 62.5 Å². The van der Waals surface area contributed by atoms with Crippen molar-refractivity contribution in [3.05, 3.63) is 63.3 Å². The third-order valence-electron chi connectivity index (χ3n) is 7.60. The molecule has 0 N–H and O–H groups in total. The van der Waals surface area contributed by atoms with E-state index in [0.29, 0.717) is 39.6 Å². The van der Waals surface area contributed by atoms with Gasteiger partial charge in [0.1, 0.15) is 11.4 Å². The zero-order valence-corrected chi connectivity index (χ0v) is 22.9. The number of rotatable bonds is 8. The topological polar surface area (TPSA) is 75.2 Å². The van der Waals surface area contributed by atoms with Crippen LogP contribution in [0, 0.1) is 0 Å². The summed E-state index contributed by atoms with van der Waals surface area (Å²) < 4.78 is 11.4. The van der Waals surface area contributed by atoms with E-state index in [9.17, 15) is 9.59 Å². The molecule has 1 amide bonds. The Morgan fingerprint density at radius 1 is 1.05 bits per heavy atom. The zero-order chi connectivity index (χ0) is 25.9. The number of para-hydroxylation sites is 1. The standard InChI is InChI=1S/C28H32N4O4S2/c33-25-21-5-1-2-6-23(21)36-26(25)22-19-38-28(29-22)32(27(34)24-7-3-18-37-24)11-4-10-30-12-8-20(9-13-30)31-14-16-35-17-15-31/h1-3,5-7,18-20,26H,4,8-17H2. The number of likely N-dealkylation sites (tertiary alicyclic amines) is 1. The van der Waals surface area contributed by atoms with Crippen molar-refractivity contribution in [2.45, 2.75) is 31.4 Å². The van der Waals surface area contributed by atoms with Gasteiger partial charge in [-0.2, -0.15) is 0 Å². The number of benzene rings is 1. The van der Waals surface area contributed by atoms with Gasteiger partial charge in [0.2, 0.25) is 11.9 Å². The number of anilines is 1. The molecular formula is C28H32N4O4S2. The van der Waals surface area contributed by atoms with Crippen LogP contribution in [0.5, 0.6) is 5.75 Å². The highest BCUT2D eigenvalue weighted by molar-refractivity contribution is 7.14. The van der Waals surface area contributed by atoms with Crippen LogP contribution in [0.1, 0.15) is 51.1 Å². The third kappa shape index (κ3) is 5.41. The number of carbonyl (C=O) groups is 2. The minimum Gasteiger partial charge on any atom is -0.475 e. The maximum Gasteiger partial charge on any atom is 0.270 e. The Morgan fingerprint density at radius 3 is 2.63 bits per heavy atom. The van der Waals surface area contributed by atoms with E-state index in [4.69, 9.17) is 14.5 Å². The number of amides is 1. The number of carbonyl (C=O) groups excluding carboxylic acids is 2. The number of Topliss-reactive ketones (excluding diaryl/α,β-unsaturated/α-hetero) is 1. The van der Waals surface area contributed by atoms with E-state index in [0.717, 1.165) is 52.4 Å². The number of hydrogen-bond acceptors (Lipinski definition) is 9. The molecule has 1 aromatic carbocycles. The third-order valence-corrected chi connectivity index (χ3v) is 9.34. The molecule has 3 aliphatic heterocycles. The van der Waals surface area contributed by atoms with E-state index in [-0.39, 0.29) is 11.7 Å². The summed E-state index contributed by atoms with van der Waals surface area (Å²) in [5.41, 5.74) is 1.14. The van der Waals surface area contributed by atoms with Gasteiger partial charge in [0.15, 0.2) is 5.13 Å². The molecular weight excluding hydrogens is 520 g/mol. The molecule has 2 fully saturated rings. The van der Waals surface area contributed by atoms with Gasteiger partial charge in [0.05, 0.1) is 23.7 Å². The lowest BCUT2D eigenvalue weighted by molar-refractivity contribution is 0.000887. The van der Waals surface area contributed by atoms with Gasteiger partial charge in [-0.1, -0.05) is 18.2 Å². The molecule has 8 nitrogen and oxygen atoms in total. The van der Waals surface area contributed by atoms with E-state index < -0.39 is 6.10 Å². The quantitative estimate of drug-likeness (QED) is 0.411. The van der Waals surface area contributed by atoms with Crippen LogP contribution in [-0.4, -0.2) is 85.0 Å². The SMILES string of the molecule is O=C1c2ccccc2OC1c1csc(N(CCCN2CCC(N3CCOCC3)CC2)C(=O)c2cccs2)n1. The lowest BCUT2D eigenvalue weighted by Gasteiger charge is -2.40. The van der Waals surface area contributed by atoms with Gasteiger partial charge in [-0.15, -0.1) is 22.7 Å². The van der Waals surface area contributed by atoms with Crippen molar-refractivity contribution in [2.75, 3.05) is 57.4 Å². The van der Waals surface area contributed by atoms with Crippen molar-refractivity contribution in [1.29, 1.82) is 0 Å². The smallest absolute Gasteiger partial charge is 0.270 e. The molecule has 0 saturated carbocycles. The summed E-state index contributed by atoms with van der Waals surface area (Å²) in [6.07, 6.45) is 2.47. The van der Waals surface area contributed by atoms with E-state index in [1.165, 1.54) is 35.5 Å². The number of fused-ring (bicyclic) bond motifs is 1. The maximum absolute atomic E-state index is 13.5. The van der Waals surface area contributed by atoms with Gasteiger partial charge >= 0.3 is 0 Å². The Morgan fingerprint density at radius 2 is 1.87 bits per heavy atom. The Balaban J connectivity index is 1.09. The number of piperidine rings is 1. The summed E-state index contributed by atoms with van der Waals surface area (Å²) in [5, 5.41) is 4.37. The Labute approximate surface area is 230 Å². The molecule has 2 aromatic heterocycles. The first kappa shape index (κ1) is 25.6. The second-order valence-electron chi connectivity index (χ2n) is 9.92. The molecule has 6 rings (SSSR count). The van der Waals surface area contributed by atoms with Gasteiger partial charge in [-0.3, -0.25) is 19.4 Å². The first-order valence-electron chi connectivity index (χ1n) is 13.3. The molecule has 2 saturated heterocycles. The summed E-state index contributed by atoms with van der Waals surface area (Å²) >= 11 is 2.83. The average Bonchev–Trinajstić information content (AvgIpc) is 3.73. The molecule has 5 heterocycles. The molecule has 1 unspecified atom stereocenters. The summed E-state index contributed by atoms with van der Waals surface area (Å²) in [7, 11) is 0. The van der Waals surface area contributed by atoms with Crippen LogP contribution in [0.3, 0.4) is 0 Å². The molecule has 0 radical (unpaired) electrons. The fraction of sp³-hybridized carbons (Fsp3) is 0.464. The van der Waals surface area contributed by atoms with E-state index >= 15 is 0 Å². The summed E-state index contributed by atoms with van der Waals surface area (Å²) in [6, 6.07) is 11.7. The number of morpholine rings is 1. The van der Waals surface area contributed by atoms with Crippen LogP contribution in [0.25, 0.3) is 0 Å². The number of ether oxygens (including phenoxy) is 2. The van der Waals surface area contributed by atoms with Crippen LogP contribution in [0.4, 0.5) is 5.13 Å². The zero-order valence-electron chi connectivity index (χ0n) is 21.3. The number of hydrogen-bond donors (Lipinski definition) is 0. The number of thiazole rings is 1. The van der Waals surface area contributed by atoms with Gasteiger partial charge in [0, 0.05) is 31.1 Å². The van der Waals surface area contributed by atoms with E-state index in [1.54, 1.807) is 17.0 Å². The average molecular weight is 553 g/mol. The highest BCUT2D eigenvalue weighted by Gasteiger charge is 2.36. The number of thiophene rings is 1. The van der Waals surface area contributed by atoms with Gasteiger partial charge in [0.25, 0.3) is 5.91 Å². The summed E-state index contributed by atoms with van der Waals surface area (Å²) in [5.74, 6) is 0.448. The van der Waals surface area contributed by atoms with Crippen molar-refractivity contribution in [3.63, 3.8) is 0 Å². The molecule has 38 heavy (non-hydrogen) atoms. The number of ketones is 1. The Bertz CT molecular complexity index is 1250. The lowest BCUT2D eigenvalue weighted by atomic mass is 10.0. The first-order chi connectivity index (χ1) is 18.7. The molecule has 10 heteroatoms. The van der Waals surface area contributed by atoms with Crippen LogP contribution in [0.15, 0.2) is 47.2 Å². The fourth-order valence-corrected chi connectivity index (χ4v) is 7.06. The second kappa shape index (κ2) is 11.6. The highest BCUT2D eigenvalue weighted by Crippen LogP contribution is 2.38. The van der Waals surface area contributed by atoms with Crippen molar-refractivity contribution >= 4 is 39.5 Å². The van der Waals surface area contributed by atoms with Crippen molar-refractivity contribution < 1.29 is 19.1 Å². The van der Waals surface area contributed by atoms with E-state index in [1.807, 2.05) is 35.0 Å². The second-order valence-corrected chi connectivity index (χ2v) is 11.7. The fourth-order valence-electron chi connectivity index (χ4n) is 5.53. The minimum absolute atomic E-state index is 0.0473. The lowest BCUT2D eigenvalue weighted by Crippen LogP contribution is -2.49. The molecule has 200 valence electrons. The molecule has 3 aliphatic rings. The predicted octanol–water partition coefficient (Wildman–Crippen LogP) is 4.35. The van der Waals surface area contributed by atoms with Crippen LogP contribution in [0.2, 0.25) is 0 Å². The van der Waals surface area contributed by atoms with Gasteiger partial charge in [-0.25, -0.2) is 4.98 Å². The van der Waals surface area contributed by atoms with Crippen LogP contribution >= 0.6 is 22.7 Å². The van der Waals surface area contributed by atoms with Gasteiger partial charge < -0.3 is 14.4 Å². The molecule has 0 aliphatic carbocycles. The largest absolute Gasteiger partial charge is 0.475 e. The number of aromatic nitrogens is 1. The molecule has 0 spiro atoms. The minimum atomic E-state index is -0.760. The predicted molar refractivity (Wildman–Crippen MR) is 149 cm³/mol. The summed E-state index contributed by atoms with van der Waals surface area (Å²) in [6.45, 7) is 7.48. The van der Waals surface area contributed by atoms with Crippen molar-refractivity contribution in [2.24, 2.45) is 0 Å². The maximum atomic E-state index is 13.5. The summed E-state index contributed by atoms with van der Waals surface area (Å²) in [4.78, 5) is 38.7. The normalized spacial score (nSPS) is 20.8. The van der Waals surface area contributed by atoms with E-state index in [2.05, 4.69) is 9.80 Å². The number of nitrogens with zero attached hydrogens (tertiary/aromatic N) is 4. The highest BCUT2D eigenvalue weighted by atomic mass is 32.1. The van der Waals surface area contributed by atoms with Crippen LogP contribution < -0.4 is 9.64 Å². The van der Waals surface area contributed by atoms with Crippen LogP contribution in [-0.2, 0) is 4.74 Å². The molecule has 0 bridgehead atoms. The molecule has 3 aromatic rings. The Hall–Kier alpha value is -2.63. The van der Waals surface area contributed by atoms with Crippen molar-refractivity contribution in [3.8, 4) is 5.75 Å².